The Bertz CT molecular complexity index is 802. The average Bonchev–Trinajstić information content (AvgIpc) is 3.08. The number of halogens is 6. The number of amides is 1. The van der Waals surface area contributed by atoms with Crippen LogP contribution >= 0.6 is 0 Å². The van der Waals surface area contributed by atoms with Crippen LogP contribution in [-0.4, -0.2) is 65.1 Å². The number of rotatable bonds is 4. The predicted molar refractivity (Wildman–Crippen MR) is 92.8 cm³/mol. The maximum atomic E-state index is 12.8. The van der Waals surface area contributed by atoms with Gasteiger partial charge in [-0.25, -0.2) is 4.98 Å². The van der Waals surface area contributed by atoms with E-state index >= 15 is 0 Å². The van der Waals surface area contributed by atoms with E-state index in [0.29, 0.717) is 25.5 Å². The van der Waals surface area contributed by atoms with Crippen molar-refractivity contribution < 1.29 is 40.7 Å². The lowest BCUT2D eigenvalue weighted by Crippen LogP contribution is -2.62. The quantitative estimate of drug-likeness (QED) is 0.463. The molecule has 1 aromatic heterocycles. The van der Waals surface area contributed by atoms with Crippen LogP contribution < -0.4 is 16.0 Å². The zero-order valence-electron chi connectivity index (χ0n) is 16.4. The van der Waals surface area contributed by atoms with Crippen LogP contribution in [0.1, 0.15) is 29.7 Å². The number of nitrogens with zero attached hydrogens (tertiary/aromatic N) is 2. The highest BCUT2D eigenvalue weighted by Gasteiger charge is 2.61. The number of esters is 1. The van der Waals surface area contributed by atoms with Gasteiger partial charge in [-0.15, -0.1) is 0 Å². The molecule has 2 atom stereocenters. The molecule has 2 aliphatic heterocycles. The minimum atomic E-state index is -5.82. The van der Waals surface area contributed by atoms with Crippen molar-refractivity contribution in [2.24, 2.45) is 5.92 Å². The van der Waals surface area contributed by atoms with Gasteiger partial charge in [-0.2, -0.15) is 26.3 Å². The Hall–Kier alpha value is -2.35. The van der Waals surface area contributed by atoms with E-state index in [4.69, 9.17) is 0 Å². The predicted octanol–water partition coefficient (Wildman–Crippen LogP) is 1.12. The third-order valence-electron chi connectivity index (χ3n) is 5.36. The van der Waals surface area contributed by atoms with E-state index in [1.54, 1.807) is 4.57 Å². The molecule has 8 nitrogen and oxygen atoms in total. The molecular formula is C17H21F6N5O3. The van der Waals surface area contributed by atoms with Crippen molar-refractivity contribution in [3.8, 4) is 0 Å². The molecule has 0 saturated carbocycles. The summed E-state index contributed by atoms with van der Waals surface area (Å²) in [6.07, 6.45) is -14.3. The van der Waals surface area contributed by atoms with E-state index < -0.39 is 41.8 Å². The molecule has 1 fully saturated rings. The molecule has 1 saturated heterocycles. The van der Waals surface area contributed by atoms with Gasteiger partial charge in [0, 0.05) is 25.8 Å². The Morgan fingerprint density at radius 3 is 2.52 bits per heavy atom. The molecule has 1 aromatic rings. The number of piperidine rings is 1. The summed E-state index contributed by atoms with van der Waals surface area (Å²) in [5.74, 6) is -3.26. The summed E-state index contributed by atoms with van der Waals surface area (Å²) in [6.45, 7) is 3.11. The number of hydrogen-bond donors (Lipinski definition) is 3. The van der Waals surface area contributed by atoms with Gasteiger partial charge in [0.15, 0.2) is 0 Å². The molecule has 0 bridgehead atoms. The first-order chi connectivity index (χ1) is 14.3. The minimum absolute atomic E-state index is 0.0361. The molecule has 1 amide bonds. The van der Waals surface area contributed by atoms with Crippen molar-refractivity contribution in [1.82, 2.24) is 25.5 Å². The van der Waals surface area contributed by atoms with Crippen LogP contribution in [0.25, 0.3) is 0 Å². The highest BCUT2D eigenvalue weighted by Crippen LogP contribution is 2.37. The topological polar surface area (TPSA) is 97.3 Å². The van der Waals surface area contributed by atoms with E-state index in [9.17, 15) is 35.9 Å². The summed E-state index contributed by atoms with van der Waals surface area (Å²) in [6, 6.07) is 0. The van der Waals surface area contributed by atoms with Crippen LogP contribution in [-0.2, 0) is 22.6 Å². The van der Waals surface area contributed by atoms with Crippen LogP contribution in [0.3, 0.4) is 0 Å². The number of hydrogen-bond acceptors (Lipinski definition) is 6. The lowest BCUT2D eigenvalue weighted by molar-refractivity contribution is -0.314. The van der Waals surface area contributed by atoms with Gasteiger partial charge >= 0.3 is 18.3 Å². The fourth-order valence-electron chi connectivity index (χ4n) is 3.63. The summed E-state index contributed by atoms with van der Waals surface area (Å²) in [5, 5.41) is 8.37. The molecular weight excluding hydrogens is 436 g/mol. The fourth-order valence-corrected chi connectivity index (χ4v) is 3.63. The first-order valence-electron chi connectivity index (χ1n) is 9.45. The molecule has 14 heteroatoms. The van der Waals surface area contributed by atoms with E-state index in [0.717, 1.165) is 0 Å². The number of fused-ring (bicyclic) bond motifs is 1. The van der Waals surface area contributed by atoms with Crippen molar-refractivity contribution in [2.75, 3.05) is 19.6 Å². The van der Waals surface area contributed by atoms with Gasteiger partial charge in [0.1, 0.15) is 11.5 Å². The zero-order chi connectivity index (χ0) is 23.0. The normalized spacial score (nSPS) is 24.6. The summed E-state index contributed by atoms with van der Waals surface area (Å²) < 4.78 is 82.3. The SMILES string of the molecule is CC1(NC(=O)c2cn3c(n2)CNCC3)CCNCC1C(=O)OC(C(F)(F)F)C(F)(F)F. The molecule has 0 spiro atoms. The number of carbonyl (C=O) groups is 2. The second-order valence-corrected chi connectivity index (χ2v) is 7.69. The Morgan fingerprint density at radius 1 is 1.23 bits per heavy atom. The second-order valence-electron chi connectivity index (χ2n) is 7.69. The number of aromatic nitrogens is 2. The van der Waals surface area contributed by atoms with Crippen molar-refractivity contribution in [3.05, 3.63) is 17.7 Å². The van der Waals surface area contributed by atoms with Crippen LogP contribution in [0.2, 0.25) is 0 Å². The van der Waals surface area contributed by atoms with E-state index in [1.165, 1.54) is 13.1 Å². The highest BCUT2D eigenvalue weighted by atomic mass is 19.4. The van der Waals surface area contributed by atoms with E-state index in [-0.39, 0.29) is 25.2 Å². The first-order valence-corrected chi connectivity index (χ1v) is 9.45. The number of carbonyl (C=O) groups excluding carboxylic acids is 2. The van der Waals surface area contributed by atoms with Crippen molar-refractivity contribution in [3.63, 3.8) is 0 Å². The van der Waals surface area contributed by atoms with Gasteiger partial charge in [0.25, 0.3) is 12.0 Å². The van der Waals surface area contributed by atoms with Crippen LogP contribution in [0.15, 0.2) is 6.20 Å². The van der Waals surface area contributed by atoms with Gasteiger partial charge in [0.05, 0.1) is 18.0 Å². The maximum absolute atomic E-state index is 12.8. The number of ether oxygens (including phenoxy) is 1. The lowest BCUT2D eigenvalue weighted by atomic mass is 9.79. The fraction of sp³-hybridized carbons (Fsp3) is 0.706. The first kappa shape index (κ1) is 23.3. The lowest BCUT2D eigenvalue weighted by Gasteiger charge is -2.41. The van der Waals surface area contributed by atoms with Gasteiger partial charge < -0.3 is 25.3 Å². The van der Waals surface area contributed by atoms with E-state index in [2.05, 4.69) is 25.7 Å². The van der Waals surface area contributed by atoms with Crippen LogP contribution in [0, 0.1) is 5.92 Å². The molecule has 3 rings (SSSR count). The van der Waals surface area contributed by atoms with Crippen molar-refractivity contribution in [2.45, 2.75) is 50.4 Å². The monoisotopic (exact) mass is 457 g/mol. The average molecular weight is 457 g/mol. The van der Waals surface area contributed by atoms with Crippen LogP contribution in [0.5, 0.6) is 0 Å². The molecule has 31 heavy (non-hydrogen) atoms. The molecule has 3 N–H and O–H groups in total. The maximum Gasteiger partial charge on any atom is 0.434 e. The Morgan fingerprint density at radius 2 is 1.90 bits per heavy atom. The van der Waals surface area contributed by atoms with Gasteiger partial charge in [-0.05, 0) is 19.9 Å². The van der Waals surface area contributed by atoms with E-state index in [1.807, 2.05) is 0 Å². The molecule has 2 unspecified atom stereocenters. The zero-order valence-corrected chi connectivity index (χ0v) is 16.4. The standard InChI is InChI=1S/C17H21F6N5O3/c1-15(27-12(29)10-8-28-5-4-25-7-11(28)26-10)2-3-24-6-9(15)13(30)31-14(16(18,19)20)17(21,22)23/h8-9,14,24-25H,2-7H2,1H3,(H,27,29). The summed E-state index contributed by atoms with van der Waals surface area (Å²) in [7, 11) is 0. The summed E-state index contributed by atoms with van der Waals surface area (Å²) in [4.78, 5) is 29.2. The number of imidazole rings is 1. The van der Waals surface area contributed by atoms with Gasteiger partial charge in [0.2, 0.25) is 0 Å². The number of nitrogens with one attached hydrogen (secondary N) is 3. The highest BCUT2D eigenvalue weighted by molar-refractivity contribution is 5.93. The van der Waals surface area contributed by atoms with Crippen molar-refractivity contribution in [1.29, 1.82) is 0 Å². The summed E-state index contributed by atoms with van der Waals surface area (Å²) in [5.41, 5.74) is -1.40. The molecule has 0 aromatic carbocycles. The Labute approximate surface area is 172 Å². The molecule has 2 aliphatic rings. The summed E-state index contributed by atoms with van der Waals surface area (Å²) >= 11 is 0. The van der Waals surface area contributed by atoms with Gasteiger partial charge in [-0.3, -0.25) is 9.59 Å². The Kier molecular flexibility index (Phi) is 6.24. The molecule has 174 valence electrons. The molecule has 0 radical (unpaired) electrons. The third kappa shape index (κ3) is 5.11. The smallest absolute Gasteiger partial charge is 0.434 e. The largest absolute Gasteiger partial charge is 0.442 e. The third-order valence-corrected chi connectivity index (χ3v) is 5.36. The van der Waals surface area contributed by atoms with Crippen molar-refractivity contribution >= 4 is 11.9 Å². The minimum Gasteiger partial charge on any atom is -0.442 e. The number of alkyl halides is 6. The van der Waals surface area contributed by atoms with Crippen LogP contribution in [0.4, 0.5) is 26.3 Å². The Balaban J connectivity index is 1.77. The second kappa shape index (κ2) is 8.30. The van der Waals surface area contributed by atoms with Gasteiger partial charge in [-0.1, -0.05) is 0 Å². The molecule has 3 heterocycles. The molecule has 0 aliphatic carbocycles.